The minimum Gasteiger partial charge on any atom is -0.272 e. The number of nitrogens with zero attached hydrogens (tertiary/aromatic N) is 3. The lowest BCUT2D eigenvalue weighted by Crippen LogP contribution is -2.06. The molecule has 1 aromatic rings. The molecule has 0 aliphatic carbocycles. The zero-order valence-corrected chi connectivity index (χ0v) is 10.8. The van der Waals surface area contributed by atoms with Crippen molar-refractivity contribution >= 4 is 22.8 Å². The highest BCUT2D eigenvalue weighted by Crippen LogP contribution is 2.28. The standard InChI is InChI=1S/C11H14N4O4/c1-7(2)8(3)12-13-10-5-4-9(14(16)17)6-11(10)15(18)19/h4-7,13H,1-3H3/b12-8+. The fourth-order valence-electron chi connectivity index (χ4n) is 1.16. The van der Waals surface area contributed by atoms with Crippen LogP contribution in [0.1, 0.15) is 20.8 Å². The Labute approximate surface area is 109 Å². The van der Waals surface area contributed by atoms with Crippen LogP contribution in [0.2, 0.25) is 0 Å². The number of hydrogen-bond donors (Lipinski definition) is 1. The summed E-state index contributed by atoms with van der Waals surface area (Å²) in [5.41, 5.74) is 2.75. The van der Waals surface area contributed by atoms with Crippen molar-refractivity contribution in [3.05, 3.63) is 38.4 Å². The molecule has 8 heteroatoms. The van der Waals surface area contributed by atoms with Crippen LogP contribution in [0.3, 0.4) is 0 Å². The molecule has 0 spiro atoms. The summed E-state index contributed by atoms with van der Waals surface area (Å²) >= 11 is 0. The molecule has 0 fully saturated rings. The molecular formula is C11H14N4O4. The van der Waals surface area contributed by atoms with Crippen LogP contribution in [0.15, 0.2) is 23.3 Å². The Balaban J connectivity index is 3.11. The summed E-state index contributed by atoms with van der Waals surface area (Å²) in [4.78, 5) is 20.1. The van der Waals surface area contributed by atoms with Crippen LogP contribution in [0.5, 0.6) is 0 Å². The van der Waals surface area contributed by atoms with E-state index >= 15 is 0 Å². The summed E-state index contributed by atoms with van der Waals surface area (Å²) in [5.74, 6) is 0.199. The molecule has 0 heterocycles. The molecule has 0 bridgehead atoms. The van der Waals surface area contributed by atoms with Gasteiger partial charge in [0.05, 0.1) is 15.9 Å². The fourth-order valence-corrected chi connectivity index (χ4v) is 1.16. The zero-order valence-electron chi connectivity index (χ0n) is 10.8. The van der Waals surface area contributed by atoms with Crippen LogP contribution in [0.25, 0.3) is 0 Å². The second-order valence-electron chi connectivity index (χ2n) is 4.24. The number of non-ortho nitro benzene ring substituents is 1. The Morgan fingerprint density at radius 3 is 2.37 bits per heavy atom. The molecule has 8 nitrogen and oxygen atoms in total. The van der Waals surface area contributed by atoms with E-state index in [1.807, 2.05) is 13.8 Å². The minimum atomic E-state index is -0.685. The van der Waals surface area contributed by atoms with Gasteiger partial charge in [0.2, 0.25) is 0 Å². The molecule has 0 saturated carbocycles. The van der Waals surface area contributed by atoms with Crippen LogP contribution in [0.4, 0.5) is 17.1 Å². The maximum absolute atomic E-state index is 10.9. The van der Waals surface area contributed by atoms with Crippen molar-refractivity contribution in [3.8, 4) is 0 Å². The lowest BCUT2D eigenvalue weighted by Gasteiger charge is -2.06. The Morgan fingerprint density at radius 2 is 1.89 bits per heavy atom. The highest BCUT2D eigenvalue weighted by Gasteiger charge is 2.19. The second-order valence-corrected chi connectivity index (χ2v) is 4.24. The van der Waals surface area contributed by atoms with E-state index in [-0.39, 0.29) is 23.0 Å². The average Bonchev–Trinajstić information content (AvgIpc) is 2.35. The van der Waals surface area contributed by atoms with Gasteiger partial charge in [-0.25, -0.2) is 0 Å². The summed E-state index contributed by atoms with van der Waals surface area (Å²) in [6.07, 6.45) is 0. The van der Waals surface area contributed by atoms with Crippen LogP contribution in [0, 0.1) is 26.1 Å². The number of nitro benzene ring substituents is 2. The molecule has 0 atom stereocenters. The van der Waals surface area contributed by atoms with Crippen LogP contribution in [-0.2, 0) is 0 Å². The topological polar surface area (TPSA) is 111 Å². The summed E-state index contributed by atoms with van der Waals surface area (Å²) in [6.45, 7) is 5.66. The molecule has 1 rings (SSSR count). The van der Waals surface area contributed by atoms with Crippen molar-refractivity contribution < 1.29 is 9.85 Å². The van der Waals surface area contributed by atoms with Crippen molar-refractivity contribution in [2.24, 2.45) is 11.0 Å². The first-order valence-corrected chi connectivity index (χ1v) is 5.56. The second kappa shape index (κ2) is 5.89. The van der Waals surface area contributed by atoms with Crippen molar-refractivity contribution in [1.82, 2.24) is 0 Å². The number of nitro groups is 2. The normalized spacial score (nSPS) is 11.5. The van der Waals surface area contributed by atoms with E-state index in [1.165, 1.54) is 12.1 Å². The number of nitrogens with one attached hydrogen (secondary N) is 1. The third-order valence-electron chi connectivity index (χ3n) is 2.58. The molecule has 1 aromatic carbocycles. The first kappa shape index (κ1) is 14.6. The third kappa shape index (κ3) is 3.73. The van der Waals surface area contributed by atoms with Crippen LogP contribution in [-0.4, -0.2) is 15.6 Å². The van der Waals surface area contributed by atoms with E-state index in [0.29, 0.717) is 0 Å². The van der Waals surface area contributed by atoms with Crippen LogP contribution < -0.4 is 5.43 Å². The largest absolute Gasteiger partial charge is 0.301 e. The van der Waals surface area contributed by atoms with Crippen molar-refractivity contribution in [2.45, 2.75) is 20.8 Å². The number of anilines is 1. The molecule has 19 heavy (non-hydrogen) atoms. The quantitative estimate of drug-likeness (QED) is 0.500. The molecule has 1 N–H and O–H groups in total. The monoisotopic (exact) mass is 266 g/mol. The van der Waals surface area contributed by atoms with E-state index in [4.69, 9.17) is 0 Å². The number of benzene rings is 1. The van der Waals surface area contributed by atoms with Crippen LogP contribution >= 0.6 is 0 Å². The van der Waals surface area contributed by atoms with Gasteiger partial charge in [0, 0.05) is 11.8 Å². The Hall–Kier alpha value is -2.51. The minimum absolute atomic E-state index is 0.121. The maximum Gasteiger partial charge on any atom is 0.301 e. The first-order valence-electron chi connectivity index (χ1n) is 5.56. The Bertz CT molecular complexity index is 539. The molecule has 0 radical (unpaired) electrons. The molecule has 0 aliphatic heterocycles. The van der Waals surface area contributed by atoms with Gasteiger partial charge in [0.15, 0.2) is 0 Å². The molecule has 0 saturated heterocycles. The third-order valence-corrected chi connectivity index (χ3v) is 2.58. The number of rotatable bonds is 5. The Kier molecular flexibility index (Phi) is 4.51. The molecular weight excluding hydrogens is 252 g/mol. The Morgan fingerprint density at radius 1 is 1.26 bits per heavy atom. The summed E-state index contributed by atoms with van der Waals surface area (Å²) in [5, 5.41) is 25.5. The van der Waals surface area contributed by atoms with Gasteiger partial charge in [-0.2, -0.15) is 5.10 Å². The smallest absolute Gasteiger partial charge is 0.272 e. The molecule has 0 unspecified atom stereocenters. The zero-order chi connectivity index (χ0) is 14.6. The van der Waals surface area contributed by atoms with Gasteiger partial charge in [0.1, 0.15) is 5.69 Å². The predicted molar refractivity (Wildman–Crippen MR) is 71.3 cm³/mol. The number of hydrazone groups is 1. The SMILES string of the molecule is C/C(=N\Nc1ccc([N+](=O)[O-])cc1[N+](=O)[O-])C(C)C. The van der Waals surface area contributed by atoms with Gasteiger partial charge in [-0.15, -0.1) is 0 Å². The van der Waals surface area contributed by atoms with E-state index in [9.17, 15) is 20.2 Å². The first-order chi connectivity index (χ1) is 8.82. The van der Waals surface area contributed by atoms with Gasteiger partial charge in [-0.05, 0) is 18.9 Å². The summed E-state index contributed by atoms with van der Waals surface area (Å²) in [6, 6.07) is 3.37. The average molecular weight is 266 g/mol. The predicted octanol–water partition coefficient (Wildman–Crippen LogP) is 2.95. The van der Waals surface area contributed by atoms with Gasteiger partial charge < -0.3 is 0 Å². The van der Waals surface area contributed by atoms with Gasteiger partial charge in [-0.3, -0.25) is 25.7 Å². The van der Waals surface area contributed by atoms with E-state index in [2.05, 4.69) is 10.5 Å². The number of hydrogen-bond acceptors (Lipinski definition) is 6. The highest BCUT2D eigenvalue weighted by atomic mass is 16.6. The van der Waals surface area contributed by atoms with E-state index < -0.39 is 9.85 Å². The lowest BCUT2D eigenvalue weighted by molar-refractivity contribution is -0.393. The summed E-state index contributed by atoms with van der Waals surface area (Å²) < 4.78 is 0. The highest BCUT2D eigenvalue weighted by molar-refractivity contribution is 5.84. The molecule has 0 aliphatic rings. The fraction of sp³-hybridized carbons (Fsp3) is 0.364. The van der Waals surface area contributed by atoms with Crippen molar-refractivity contribution in [2.75, 3.05) is 5.43 Å². The van der Waals surface area contributed by atoms with E-state index in [1.54, 1.807) is 6.92 Å². The molecule has 0 amide bonds. The summed E-state index contributed by atoms with van der Waals surface area (Å²) in [7, 11) is 0. The van der Waals surface area contributed by atoms with Crippen molar-refractivity contribution in [1.29, 1.82) is 0 Å². The van der Waals surface area contributed by atoms with Gasteiger partial charge in [0.25, 0.3) is 5.69 Å². The van der Waals surface area contributed by atoms with E-state index in [0.717, 1.165) is 11.8 Å². The van der Waals surface area contributed by atoms with Crippen molar-refractivity contribution in [3.63, 3.8) is 0 Å². The van der Waals surface area contributed by atoms with Gasteiger partial charge in [-0.1, -0.05) is 13.8 Å². The lowest BCUT2D eigenvalue weighted by atomic mass is 10.1. The molecule has 0 aromatic heterocycles. The van der Waals surface area contributed by atoms with Gasteiger partial charge >= 0.3 is 5.69 Å². The molecule has 102 valence electrons. The maximum atomic E-state index is 10.9.